The van der Waals surface area contributed by atoms with Gasteiger partial charge in [-0.15, -0.1) is 0 Å². The third kappa shape index (κ3) is 7.85. The zero-order chi connectivity index (χ0) is 23.7. The second kappa shape index (κ2) is 12.5. The van der Waals surface area contributed by atoms with Gasteiger partial charge in [0.15, 0.2) is 5.82 Å². The van der Waals surface area contributed by atoms with E-state index in [1.807, 2.05) is 25.3 Å². The van der Waals surface area contributed by atoms with Gasteiger partial charge in [0.05, 0.1) is 13.0 Å². The van der Waals surface area contributed by atoms with Crippen LogP contribution in [-0.4, -0.2) is 41.1 Å². The van der Waals surface area contributed by atoms with Gasteiger partial charge < -0.3 is 14.4 Å². The minimum atomic E-state index is 0.543. The van der Waals surface area contributed by atoms with Gasteiger partial charge in [-0.1, -0.05) is 46.6 Å². The molecule has 176 valence electrons. The summed E-state index contributed by atoms with van der Waals surface area (Å²) in [7, 11) is 3.98. The molecular weight excluding hydrogens is 394 g/mol. The molecule has 1 N–H and O–H groups in total. The summed E-state index contributed by atoms with van der Waals surface area (Å²) in [5.41, 5.74) is 6.68. The van der Waals surface area contributed by atoms with Crippen molar-refractivity contribution in [1.82, 2.24) is 14.5 Å². The monoisotopic (exact) mass is 437 g/mol. The van der Waals surface area contributed by atoms with E-state index in [-0.39, 0.29) is 0 Å². The summed E-state index contributed by atoms with van der Waals surface area (Å²) >= 11 is 0. The molecule has 32 heavy (non-hydrogen) atoms. The molecule has 0 saturated carbocycles. The van der Waals surface area contributed by atoms with Crippen molar-refractivity contribution >= 4 is 11.7 Å². The lowest BCUT2D eigenvalue weighted by atomic mass is 10.0. The summed E-state index contributed by atoms with van der Waals surface area (Å²) in [6, 6.07) is 0. The Morgan fingerprint density at radius 2 is 1.38 bits per heavy atom. The maximum Gasteiger partial charge on any atom is 0.159 e. The third-order valence-corrected chi connectivity index (χ3v) is 6.00. The molecule has 1 aliphatic rings. The van der Waals surface area contributed by atoms with Crippen LogP contribution in [0.3, 0.4) is 0 Å². The number of nitrogens with one attached hydrogen (secondary N) is 1. The number of amidine groups is 1. The van der Waals surface area contributed by atoms with E-state index in [9.17, 15) is 0 Å². The highest BCUT2D eigenvalue weighted by molar-refractivity contribution is 6.00. The lowest BCUT2D eigenvalue weighted by Crippen LogP contribution is -2.43. The molecule has 1 aromatic rings. The summed E-state index contributed by atoms with van der Waals surface area (Å²) in [4.78, 5) is 8.57. The molecule has 0 aliphatic carbocycles. The molecule has 0 radical (unpaired) electrons. The van der Waals surface area contributed by atoms with Crippen molar-refractivity contribution in [2.75, 3.05) is 25.7 Å². The molecule has 0 amide bonds. The maximum atomic E-state index is 8.40. The largest absolute Gasteiger partial charge is 0.341 e. The van der Waals surface area contributed by atoms with Gasteiger partial charge in [-0.25, -0.2) is 4.98 Å². The van der Waals surface area contributed by atoms with E-state index in [0.717, 1.165) is 50.2 Å². The van der Waals surface area contributed by atoms with Crippen molar-refractivity contribution in [2.24, 2.45) is 0 Å². The fraction of sp³-hybridized carbons (Fsp3) is 0.556. The van der Waals surface area contributed by atoms with Crippen molar-refractivity contribution in [3.8, 4) is 0 Å². The topological polar surface area (TPSA) is 48.2 Å². The van der Waals surface area contributed by atoms with Crippen LogP contribution in [0.1, 0.15) is 78.8 Å². The first kappa shape index (κ1) is 25.7. The van der Waals surface area contributed by atoms with Gasteiger partial charge in [0.2, 0.25) is 0 Å². The number of hydrogen-bond acceptors (Lipinski definition) is 3. The lowest BCUT2D eigenvalue weighted by Gasteiger charge is -2.32. The fourth-order valence-electron chi connectivity index (χ4n) is 3.91. The van der Waals surface area contributed by atoms with Gasteiger partial charge in [-0.05, 0) is 73.1 Å². The predicted octanol–water partition coefficient (Wildman–Crippen LogP) is 6.69. The molecule has 1 aliphatic heterocycles. The standard InChI is InChI=1S/C27H43N5/c1-21(2)11-8-12-22(3)13-9-14-23(4)15-10-16-24(5)17-18-32-19-29-27-25(32)26(28)30(6)20-31(27)7/h11,13,15,17,19,28H,8-10,12,14,16,18,20H2,1-7H3/b22-13+,23-15+,24-17+,28-26?. The van der Waals surface area contributed by atoms with Gasteiger partial charge in [0.25, 0.3) is 0 Å². The van der Waals surface area contributed by atoms with Crippen molar-refractivity contribution < 1.29 is 0 Å². The Bertz CT molecular complexity index is 893. The zero-order valence-corrected chi connectivity index (χ0v) is 21.3. The van der Waals surface area contributed by atoms with Crippen molar-refractivity contribution in [1.29, 1.82) is 5.41 Å². The Kier molecular flexibility index (Phi) is 10.0. The van der Waals surface area contributed by atoms with E-state index in [1.165, 1.54) is 28.7 Å². The minimum absolute atomic E-state index is 0.543. The normalized spacial score (nSPS) is 15.3. The number of rotatable bonds is 11. The summed E-state index contributed by atoms with van der Waals surface area (Å²) < 4.78 is 2.08. The summed E-state index contributed by atoms with van der Waals surface area (Å²) in [6.45, 7) is 12.5. The van der Waals surface area contributed by atoms with Crippen LogP contribution in [0.4, 0.5) is 5.82 Å². The Labute approximate surface area is 195 Å². The second-order valence-electron chi connectivity index (χ2n) is 9.50. The zero-order valence-electron chi connectivity index (χ0n) is 21.3. The molecule has 0 fully saturated rings. The minimum Gasteiger partial charge on any atom is -0.341 e. The van der Waals surface area contributed by atoms with Gasteiger partial charge in [0.1, 0.15) is 11.5 Å². The summed E-state index contributed by atoms with van der Waals surface area (Å²) in [5.74, 6) is 1.44. The van der Waals surface area contributed by atoms with E-state index in [4.69, 9.17) is 5.41 Å². The fourth-order valence-corrected chi connectivity index (χ4v) is 3.91. The molecule has 0 saturated heterocycles. The van der Waals surface area contributed by atoms with Crippen LogP contribution >= 0.6 is 0 Å². The smallest absolute Gasteiger partial charge is 0.159 e. The molecule has 0 bridgehead atoms. The van der Waals surface area contributed by atoms with Crippen LogP contribution in [0.2, 0.25) is 0 Å². The highest BCUT2D eigenvalue weighted by Crippen LogP contribution is 2.24. The van der Waals surface area contributed by atoms with Crippen LogP contribution in [0, 0.1) is 5.41 Å². The van der Waals surface area contributed by atoms with Crippen LogP contribution in [0.25, 0.3) is 0 Å². The van der Waals surface area contributed by atoms with E-state index in [1.54, 1.807) is 0 Å². The van der Waals surface area contributed by atoms with Crippen LogP contribution in [0.15, 0.2) is 52.9 Å². The van der Waals surface area contributed by atoms with Crippen LogP contribution in [0.5, 0.6) is 0 Å². The number of aromatic nitrogens is 2. The average molecular weight is 438 g/mol. The Morgan fingerprint density at radius 3 is 1.94 bits per heavy atom. The SMILES string of the molecule is CC(C)=CCC/C(C)=C/CC/C(C)=C/CC/C(C)=C/Cn1cnc2c1C(=N)N(C)CN2C. The van der Waals surface area contributed by atoms with E-state index >= 15 is 0 Å². The molecule has 5 nitrogen and oxygen atoms in total. The number of allylic oxidation sites excluding steroid dienone is 8. The van der Waals surface area contributed by atoms with E-state index in [0.29, 0.717) is 12.5 Å². The number of anilines is 1. The highest BCUT2D eigenvalue weighted by atomic mass is 15.4. The first-order valence-corrected chi connectivity index (χ1v) is 11.9. The summed E-state index contributed by atoms with van der Waals surface area (Å²) in [6.07, 6.45) is 18.0. The maximum absolute atomic E-state index is 8.40. The van der Waals surface area contributed by atoms with Crippen LogP contribution < -0.4 is 4.90 Å². The van der Waals surface area contributed by atoms with E-state index in [2.05, 4.69) is 73.4 Å². The number of fused-ring (bicyclic) bond motifs is 1. The van der Waals surface area contributed by atoms with Gasteiger partial charge in [0, 0.05) is 20.6 Å². The molecule has 1 aromatic heterocycles. The quantitative estimate of drug-likeness (QED) is 0.392. The molecule has 0 unspecified atom stereocenters. The van der Waals surface area contributed by atoms with E-state index < -0.39 is 0 Å². The van der Waals surface area contributed by atoms with Gasteiger partial charge in [-0.3, -0.25) is 5.41 Å². The number of hydrogen-bond donors (Lipinski definition) is 1. The lowest BCUT2D eigenvalue weighted by molar-refractivity contribution is 0.485. The Hall–Kier alpha value is -2.56. The second-order valence-corrected chi connectivity index (χ2v) is 9.50. The first-order valence-electron chi connectivity index (χ1n) is 11.9. The Balaban J connectivity index is 1.78. The van der Waals surface area contributed by atoms with Crippen molar-refractivity contribution in [3.63, 3.8) is 0 Å². The first-order chi connectivity index (χ1) is 15.2. The highest BCUT2D eigenvalue weighted by Gasteiger charge is 2.26. The van der Waals surface area contributed by atoms with Crippen LogP contribution in [-0.2, 0) is 6.54 Å². The van der Waals surface area contributed by atoms with Gasteiger partial charge >= 0.3 is 0 Å². The molecular formula is C27H43N5. The van der Waals surface area contributed by atoms with Gasteiger partial charge in [-0.2, -0.15) is 0 Å². The molecule has 0 atom stereocenters. The average Bonchev–Trinajstić information content (AvgIpc) is 3.15. The molecule has 2 rings (SSSR count). The molecule has 2 heterocycles. The number of nitrogens with zero attached hydrogens (tertiary/aromatic N) is 4. The number of imidazole rings is 1. The Morgan fingerprint density at radius 1 is 0.844 bits per heavy atom. The molecule has 0 aromatic carbocycles. The van der Waals surface area contributed by atoms with Crippen molar-refractivity contribution in [2.45, 2.75) is 79.7 Å². The molecule has 0 spiro atoms. The predicted molar refractivity (Wildman–Crippen MR) is 138 cm³/mol. The van der Waals surface area contributed by atoms with Crippen molar-refractivity contribution in [3.05, 3.63) is 58.6 Å². The third-order valence-electron chi connectivity index (χ3n) is 6.00. The molecule has 5 heteroatoms. The summed E-state index contributed by atoms with van der Waals surface area (Å²) in [5, 5.41) is 8.40.